The molecule has 0 fully saturated rings. The van der Waals surface area contributed by atoms with Gasteiger partial charge in [0.1, 0.15) is 5.75 Å². The molecule has 0 aliphatic carbocycles. The second kappa shape index (κ2) is 5.97. The summed E-state index contributed by atoms with van der Waals surface area (Å²) in [5.74, 6) is 0.233. The molecule has 0 aliphatic heterocycles. The van der Waals surface area contributed by atoms with Gasteiger partial charge in [-0.05, 0) is 42.8 Å². The molecule has 0 spiro atoms. The van der Waals surface area contributed by atoms with Gasteiger partial charge in [-0.15, -0.1) is 0 Å². The van der Waals surface area contributed by atoms with Crippen molar-refractivity contribution in [3.63, 3.8) is 0 Å². The highest BCUT2D eigenvalue weighted by atomic mass is 16.5. The summed E-state index contributed by atoms with van der Waals surface area (Å²) in [6.07, 6.45) is 0. The van der Waals surface area contributed by atoms with E-state index in [0.29, 0.717) is 28.3 Å². The van der Waals surface area contributed by atoms with E-state index < -0.39 is 0 Å². The molecule has 2 aromatic rings. The van der Waals surface area contributed by atoms with E-state index in [4.69, 9.17) is 15.7 Å². The van der Waals surface area contributed by atoms with Crippen LogP contribution in [0.5, 0.6) is 5.75 Å². The van der Waals surface area contributed by atoms with E-state index in [1.54, 1.807) is 36.4 Å². The number of nitrogen functional groups attached to an aromatic ring is 1. The first-order valence-electron chi connectivity index (χ1n) is 6.30. The predicted octanol–water partition coefficient (Wildman–Crippen LogP) is 2.71. The Morgan fingerprint density at radius 3 is 2.67 bits per heavy atom. The zero-order chi connectivity index (χ0) is 15.4. The molecule has 0 unspecified atom stereocenters. The summed E-state index contributed by atoms with van der Waals surface area (Å²) in [6.45, 7) is 1.86. The van der Waals surface area contributed by atoms with Crippen molar-refractivity contribution in [3.8, 4) is 11.8 Å². The fourth-order valence-corrected chi connectivity index (χ4v) is 1.90. The van der Waals surface area contributed by atoms with E-state index in [2.05, 4.69) is 5.32 Å². The topological polar surface area (TPSA) is 88.1 Å². The van der Waals surface area contributed by atoms with Crippen LogP contribution in [0.4, 0.5) is 11.4 Å². The van der Waals surface area contributed by atoms with Crippen molar-refractivity contribution in [1.82, 2.24) is 0 Å². The Morgan fingerprint density at radius 2 is 2.05 bits per heavy atom. The van der Waals surface area contributed by atoms with Crippen LogP contribution < -0.4 is 15.8 Å². The summed E-state index contributed by atoms with van der Waals surface area (Å²) >= 11 is 0. The molecule has 21 heavy (non-hydrogen) atoms. The number of amides is 1. The largest absolute Gasteiger partial charge is 0.495 e. The van der Waals surface area contributed by atoms with Crippen LogP contribution in [-0.2, 0) is 0 Å². The average molecular weight is 281 g/mol. The molecular formula is C16H15N3O2. The Kier molecular flexibility index (Phi) is 4.10. The number of hydrogen-bond acceptors (Lipinski definition) is 4. The number of rotatable bonds is 3. The zero-order valence-corrected chi connectivity index (χ0v) is 11.8. The minimum Gasteiger partial charge on any atom is -0.495 e. The van der Waals surface area contributed by atoms with Crippen molar-refractivity contribution in [2.75, 3.05) is 18.2 Å². The van der Waals surface area contributed by atoms with Crippen LogP contribution >= 0.6 is 0 Å². The number of nitrogens with zero attached hydrogens (tertiary/aromatic N) is 1. The first-order chi connectivity index (χ1) is 10.0. The maximum Gasteiger partial charge on any atom is 0.255 e. The third-order valence-electron chi connectivity index (χ3n) is 3.11. The minimum absolute atomic E-state index is 0.289. The average Bonchev–Trinajstić information content (AvgIpc) is 2.49. The fraction of sp³-hybridized carbons (Fsp3) is 0.125. The number of anilines is 2. The normalized spacial score (nSPS) is 9.76. The summed E-state index contributed by atoms with van der Waals surface area (Å²) in [4.78, 5) is 12.2. The number of carbonyl (C=O) groups is 1. The number of nitriles is 1. The number of nitrogens with two attached hydrogens (primary N) is 1. The van der Waals surface area contributed by atoms with E-state index in [-0.39, 0.29) is 5.91 Å². The van der Waals surface area contributed by atoms with Crippen LogP contribution in [0.2, 0.25) is 0 Å². The Hall–Kier alpha value is -3.00. The SMILES string of the molecule is COc1ccc(C(=O)Nc2cc(C#N)ccc2C)cc1N. The maximum atomic E-state index is 12.2. The fourth-order valence-electron chi connectivity index (χ4n) is 1.90. The van der Waals surface area contributed by atoms with Crippen LogP contribution in [0, 0.1) is 18.3 Å². The molecule has 3 N–H and O–H groups in total. The molecule has 0 atom stereocenters. The number of methoxy groups -OCH3 is 1. The molecule has 2 rings (SSSR count). The highest BCUT2D eigenvalue weighted by molar-refractivity contribution is 6.05. The van der Waals surface area contributed by atoms with Crippen LogP contribution in [0.3, 0.4) is 0 Å². The van der Waals surface area contributed by atoms with Crippen LogP contribution in [-0.4, -0.2) is 13.0 Å². The van der Waals surface area contributed by atoms with Crippen molar-refractivity contribution in [1.29, 1.82) is 5.26 Å². The first kappa shape index (κ1) is 14.4. The molecular weight excluding hydrogens is 266 g/mol. The lowest BCUT2D eigenvalue weighted by molar-refractivity contribution is 0.102. The second-order valence-corrected chi connectivity index (χ2v) is 4.55. The predicted molar refractivity (Wildman–Crippen MR) is 81.3 cm³/mol. The lowest BCUT2D eigenvalue weighted by atomic mass is 10.1. The molecule has 0 heterocycles. The third-order valence-corrected chi connectivity index (χ3v) is 3.11. The van der Waals surface area contributed by atoms with E-state index in [0.717, 1.165) is 5.56 Å². The van der Waals surface area contributed by atoms with Crippen molar-refractivity contribution in [3.05, 3.63) is 53.1 Å². The minimum atomic E-state index is -0.289. The van der Waals surface area contributed by atoms with Crippen LogP contribution in [0.25, 0.3) is 0 Å². The van der Waals surface area contributed by atoms with Gasteiger partial charge >= 0.3 is 0 Å². The standard InChI is InChI=1S/C16H15N3O2/c1-10-3-4-11(9-17)7-14(10)19-16(20)12-5-6-15(21-2)13(18)8-12/h3-8H,18H2,1-2H3,(H,19,20). The summed E-state index contributed by atoms with van der Waals surface area (Å²) < 4.78 is 5.05. The molecule has 2 aromatic carbocycles. The third kappa shape index (κ3) is 3.12. The molecule has 1 amide bonds. The van der Waals surface area contributed by atoms with Crippen molar-refractivity contribution >= 4 is 17.3 Å². The van der Waals surface area contributed by atoms with Gasteiger partial charge in [0.2, 0.25) is 0 Å². The molecule has 0 radical (unpaired) electrons. The summed E-state index contributed by atoms with van der Waals surface area (Å²) in [5.41, 5.74) is 8.59. The van der Waals surface area contributed by atoms with Gasteiger partial charge in [-0.3, -0.25) is 4.79 Å². The van der Waals surface area contributed by atoms with E-state index >= 15 is 0 Å². The number of carbonyl (C=O) groups excluding carboxylic acids is 1. The molecule has 0 bridgehead atoms. The summed E-state index contributed by atoms with van der Waals surface area (Å²) in [5, 5.41) is 11.7. The Bertz CT molecular complexity index is 733. The van der Waals surface area contributed by atoms with Crippen LogP contribution in [0.15, 0.2) is 36.4 Å². The number of benzene rings is 2. The van der Waals surface area contributed by atoms with Gasteiger partial charge in [-0.25, -0.2) is 0 Å². The highest BCUT2D eigenvalue weighted by Crippen LogP contribution is 2.23. The lowest BCUT2D eigenvalue weighted by Crippen LogP contribution is -2.13. The molecule has 106 valence electrons. The van der Waals surface area contributed by atoms with E-state index in [9.17, 15) is 4.79 Å². The van der Waals surface area contributed by atoms with Gasteiger partial charge in [-0.1, -0.05) is 6.07 Å². The maximum absolute atomic E-state index is 12.2. The van der Waals surface area contributed by atoms with Gasteiger partial charge in [0, 0.05) is 11.3 Å². The molecule has 0 saturated heterocycles. The second-order valence-electron chi connectivity index (χ2n) is 4.55. The number of ether oxygens (including phenoxy) is 1. The van der Waals surface area contributed by atoms with E-state index in [1.807, 2.05) is 13.0 Å². The van der Waals surface area contributed by atoms with Gasteiger partial charge in [0.05, 0.1) is 24.4 Å². The zero-order valence-electron chi connectivity index (χ0n) is 11.8. The Labute approximate surface area is 123 Å². The molecule has 0 saturated carbocycles. The van der Waals surface area contributed by atoms with Gasteiger partial charge in [0.25, 0.3) is 5.91 Å². The van der Waals surface area contributed by atoms with Gasteiger partial charge < -0.3 is 15.8 Å². The monoisotopic (exact) mass is 281 g/mol. The van der Waals surface area contributed by atoms with Crippen LogP contribution in [0.1, 0.15) is 21.5 Å². The summed E-state index contributed by atoms with van der Waals surface area (Å²) in [7, 11) is 1.52. The van der Waals surface area contributed by atoms with E-state index in [1.165, 1.54) is 7.11 Å². The Morgan fingerprint density at radius 1 is 1.29 bits per heavy atom. The first-order valence-corrected chi connectivity index (χ1v) is 6.30. The highest BCUT2D eigenvalue weighted by Gasteiger charge is 2.10. The number of hydrogen-bond donors (Lipinski definition) is 2. The van der Waals surface area contributed by atoms with Gasteiger partial charge in [-0.2, -0.15) is 5.26 Å². The quantitative estimate of drug-likeness (QED) is 0.847. The Balaban J connectivity index is 2.26. The number of aryl methyl sites for hydroxylation is 1. The number of nitrogens with one attached hydrogen (secondary N) is 1. The molecule has 5 heteroatoms. The van der Waals surface area contributed by atoms with Crippen molar-refractivity contribution < 1.29 is 9.53 Å². The molecule has 0 aromatic heterocycles. The smallest absolute Gasteiger partial charge is 0.255 e. The van der Waals surface area contributed by atoms with Crippen molar-refractivity contribution in [2.45, 2.75) is 6.92 Å². The summed E-state index contributed by atoms with van der Waals surface area (Å²) in [6, 6.07) is 12.0. The molecule has 0 aliphatic rings. The lowest BCUT2D eigenvalue weighted by Gasteiger charge is -2.10. The van der Waals surface area contributed by atoms with Crippen molar-refractivity contribution in [2.24, 2.45) is 0 Å². The van der Waals surface area contributed by atoms with Gasteiger partial charge in [0.15, 0.2) is 0 Å². The molecule has 5 nitrogen and oxygen atoms in total.